The highest BCUT2D eigenvalue weighted by atomic mass is 16.6. The number of ether oxygens (including phenoxy) is 2. The van der Waals surface area contributed by atoms with Crippen LogP contribution in [0.15, 0.2) is 17.1 Å². The molecule has 0 aliphatic carbocycles. The van der Waals surface area contributed by atoms with Crippen LogP contribution in [0.3, 0.4) is 0 Å². The molecule has 3 heterocycles. The molecule has 0 saturated carbocycles. The molecule has 2 saturated heterocycles. The lowest BCUT2D eigenvalue weighted by molar-refractivity contribution is -0.0549. The molecule has 24 heavy (non-hydrogen) atoms. The maximum atomic E-state index is 12.2. The Morgan fingerprint density at radius 2 is 2.04 bits per heavy atom. The molecule has 2 aliphatic heterocycles. The number of anilines is 1. The predicted molar refractivity (Wildman–Crippen MR) is 82.4 cm³/mol. The van der Waals surface area contributed by atoms with Crippen LogP contribution in [0.1, 0.15) is 6.23 Å². The summed E-state index contributed by atoms with van der Waals surface area (Å²) < 4.78 is 11.7. The molecule has 1 aromatic heterocycles. The maximum Gasteiger partial charge on any atom is 0.351 e. The van der Waals surface area contributed by atoms with E-state index in [1.165, 1.54) is 6.20 Å². The summed E-state index contributed by atoms with van der Waals surface area (Å²) in [7, 11) is 0. The number of rotatable bonds is 5. The molecule has 2 aliphatic rings. The zero-order valence-electron chi connectivity index (χ0n) is 13.1. The van der Waals surface area contributed by atoms with Crippen LogP contribution in [0.5, 0.6) is 0 Å². The summed E-state index contributed by atoms with van der Waals surface area (Å²) in [5.41, 5.74) is -0.614. The summed E-state index contributed by atoms with van der Waals surface area (Å²) in [6.07, 6.45) is -3.14. The van der Waals surface area contributed by atoms with Crippen molar-refractivity contribution >= 4 is 5.82 Å². The van der Waals surface area contributed by atoms with Gasteiger partial charge in [0.1, 0.15) is 24.1 Å². The number of morpholine rings is 1. The maximum absolute atomic E-state index is 12.2. The Bertz CT molecular complexity index is 605. The van der Waals surface area contributed by atoms with Crippen LogP contribution in [0.2, 0.25) is 0 Å². The number of aromatic nitrogens is 2. The third-order valence-electron chi connectivity index (χ3n) is 4.21. The Hall–Kier alpha value is -1.56. The first-order valence-corrected chi connectivity index (χ1v) is 7.86. The van der Waals surface area contributed by atoms with E-state index < -0.39 is 36.8 Å². The first kappa shape index (κ1) is 17.3. The van der Waals surface area contributed by atoms with Crippen molar-refractivity contribution in [1.29, 1.82) is 0 Å². The molecule has 1 aromatic rings. The van der Waals surface area contributed by atoms with Gasteiger partial charge in [0.15, 0.2) is 6.23 Å². The fourth-order valence-corrected chi connectivity index (χ4v) is 2.77. The minimum absolute atomic E-state index is 0.412. The van der Waals surface area contributed by atoms with Crippen molar-refractivity contribution in [3.05, 3.63) is 22.7 Å². The van der Waals surface area contributed by atoms with Crippen molar-refractivity contribution in [2.75, 3.05) is 44.9 Å². The fourth-order valence-electron chi connectivity index (χ4n) is 2.77. The van der Waals surface area contributed by atoms with Gasteiger partial charge in [0.2, 0.25) is 0 Å². The molecule has 0 aromatic carbocycles. The molecule has 134 valence electrons. The molecule has 0 amide bonds. The average Bonchev–Trinajstić information content (AvgIpc) is 2.89. The summed E-state index contributed by atoms with van der Waals surface area (Å²) >= 11 is 0. The van der Waals surface area contributed by atoms with Gasteiger partial charge in [0, 0.05) is 19.3 Å². The smallest absolute Gasteiger partial charge is 0.351 e. The van der Waals surface area contributed by atoms with Gasteiger partial charge in [-0.25, -0.2) is 4.79 Å². The molecule has 2 fully saturated rings. The molecule has 0 spiro atoms. The number of nitrogens with one attached hydrogen (secondary N) is 1. The van der Waals surface area contributed by atoms with Gasteiger partial charge in [0.05, 0.1) is 26.5 Å². The lowest BCUT2D eigenvalue weighted by atomic mass is 10.1. The van der Waals surface area contributed by atoms with Crippen LogP contribution in [0.4, 0.5) is 5.82 Å². The Kier molecular flexibility index (Phi) is 5.43. The van der Waals surface area contributed by atoms with Crippen LogP contribution >= 0.6 is 0 Å². The Morgan fingerprint density at radius 3 is 2.67 bits per heavy atom. The van der Waals surface area contributed by atoms with Crippen molar-refractivity contribution in [3.63, 3.8) is 0 Å². The largest absolute Gasteiger partial charge is 0.394 e. The van der Waals surface area contributed by atoms with E-state index in [1.54, 1.807) is 6.07 Å². The summed E-state index contributed by atoms with van der Waals surface area (Å²) in [5, 5.41) is 31.9. The molecule has 3 rings (SSSR count). The summed E-state index contributed by atoms with van der Waals surface area (Å²) in [4.78, 5) is 18.2. The van der Waals surface area contributed by atoms with E-state index in [4.69, 9.17) is 14.6 Å². The van der Waals surface area contributed by atoms with Gasteiger partial charge in [0.25, 0.3) is 0 Å². The summed E-state index contributed by atoms with van der Waals surface area (Å²) in [6, 6.07) is 1.59. The zero-order valence-corrected chi connectivity index (χ0v) is 13.1. The number of aliphatic hydroxyl groups is 3. The van der Waals surface area contributed by atoms with Crippen LogP contribution in [-0.2, 0) is 9.47 Å². The highest BCUT2D eigenvalue weighted by Gasteiger charge is 2.43. The highest BCUT2D eigenvalue weighted by Crippen LogP contribution is 2.28. The monoisotopic (exact) mass is 342 g/mol. The molecule has 4 N–H and O–H groups in total. The summed E-state index contributed by atoms with van der Waals surface area (Å²) in [5.74, 6) is 0.412. The molecule has 10 heteroatoms. The van der Waals surface area contributed by atoms with Crippen molar-refractivity contribution in [2.24, 2.45) is 0 Å². The molecule has 10 nitrogen and oxygen atoms in total. The predicted octanol–water partition coefficient (Wildman–Crippen LogP) is -2.44. The van der Waals surface area contributed by atoms with Gasteiger partial charge in [-0.15, -0.1) is 0 Å². The standard InChI is InChI=1S/C14H22N4O6/c19-7-9-11(20)12(21)13(24-9)18-2-1-10(16-14(18)22)15-8-17-3-5-23-6-4-17/h1-2,9,11-13,19-21H,3-8H2,(H,15,16,22)/t9-,11?,12-,13-/m1/s1. The van der Waals surface area contributed by atoms with E-state index in [-0.39, 0.29) is 0 Å². The molecule has 0 radical (unpaired) electrons. The lowest BCUT2D eigenvalue weighted by Gasteiger charge is -2.26. The lowest BCUT2D eigenvalue weighted by Crippen LogP contribution is -2.40. The van der Waals surface area contributed by atoms with Crippen LogP contribution in [0, 0.1) is 0 Å². The van der Waals surface area contributed by atoms with Crippen molar-refractivity contribution in [2.45, 2.75) is 24.5 Å². The van der Waals surface area contributed by atoms with E-state index in [0.717, 1.165) is 17.7 Å². The summed E-state index contributed by atoms with van der Waals surface area (Å²) in [6.45, 7) is 3.09. The molecule has 0 bridgehead atoms. The van der Waals surface area contributed by atoms with Gasteiger partial charge in [-0.3, -0.25) is 9.47 Å². The first-order chi connectivity index (χ1) is 11.6. The number of hydrogen-bond donors (Lipinski definition) is 4. The first-order valence-electron chi connectivity index (χ1n) is 7.86. The minimum atomic E-state index is -1.31. The van der Waals surface area contributed by atoms with E-state index in [0.29, 0.717) is 25.7 Å². The van der Waals surface area contributed by atoms with Crippen LogP contribution in [0.25, 0.3) is 0 Å². The second kappa shape index (κ2) is 7.55. The molecular formula is C14H22N4O6. The SMILES string of the molecule is O=c1nc(NCN2CCOCC2)ccn1[C@@H]1O[C@H](CO)C(O)[C@H]1O. The number of hydrogen-bond acceptors (Lipinski definition) is 9. The minimum Gasteiger partial charge on any atom is -0.394 e. The Balaban J connectivity index is 1.65. The van der Waals surface area contributed by atoms with Gasteiger partial charge in [-0.2, -0.15) is 4.98 Å². The van der Waals surface area contributed by atoms with E-state index in [2.05, 4.69) is 15.2 Å². The Morgan fingerprint density at radius 1 is 1.29 bits per heavy atom. The molecule has 4 atom stereocenters. The second-order valence-electron chi connectivity index (χ2n) is 5.80. The average molecular weight is 342 g/mol. The third-order valence-corrected chi connectivity index (χ3v) is 4.21. The number of nitrogens with zero attached hydrogens (tertiary/aromatic N) is 3. The van der Waals surface area contributed by atoms with Gasteiger partial charge < -0.3 is 30.1 Å². The molecular weight excluding hydrogens is 320 g/mol. The second-order valence-corrected chi connectivity index (χ2v) is 5.80. The molecule has 1 unspecified atom stereocenters. The van der Waals surface area contributed by atoms with Crippen molar-refractivity contribution < 1.29 is 24.8 Å². The van der Waals surface area contributed by atoms with Gasteiger partial charge in [-0.1, -0.05) is 0 Å². The zero-order chi connectivity index (χ0) is 17.1. The normalized spacial score (nSPS) is 31.3. The van der Waals surface area contributed by atoms with Crippen LogP contribution in [-0.4, -0.2) is 87.7 Å². The topological polar surface area (TPSA) is 129 Å². The van der Waals surface area contributed by atoms with E-state index in [9.17, 15) is 15.0 Å². The van der Waals surface area contributed by atoms with Gasteiger partial charge in [-0.05, 0) is 6.07 Å². The fraction of sp³-hybridized carbons (Fsp3) is 0.714. The number of aliphatic hydroxyl groups excluding tert-OH is 3. The van der Waals surface area contributed by atoms with Crippen LogP contribution < -0.4 is 11.0 Å². The Labute approximate surface area is 138 Å². The van der Waals surface area contributed by atoms with E-state index in [1.807, 2.05) is 0 Å². The van der Waals surface area contributed by atoms with Crippen molar-refractivity contribution in [1.82, 2.24) is 14.5 Å². The van der Waals surface area contributed by atoms with E-state index >= 15 is 0 Å². The van der Waals surface area contributed by atoms with Gasteiger partial charge >= 0.3 is 5.69 Å². The van der Waals surface area contributed by atoms with Crippen molar-refractivity contribution in [3.8, 4) is 0 Å². The highest BCUT2D eigenvalue weighted by molar-refractivity contribution is 5.31. The quantitative estimate of drug-likeness (QED) is 0.461. The third kappa shape index (κ3) is 3.58.